The molecule has 3 rings (SSSR count). The number of anilines is 2. The summed E-state index contributed by atoms with van der Waals surface area (Å²) in [5.41, 5.74) is 2.28. The van der Waals surface area contributed by atoms with E-state index in [9.17, 15) is 4.79 Å². The molecule has 134 valence electrons. The van der Waals surface area contributed by atoms with Crippen LogP contribution in [0.2, 0.25) is 0 Å². The fourth-order valence-electron chi connectivity index (χ4n) is 2.09. The van der Waals surface area contributed by atoms with Gasteiger partial charge in [-0.15, -0.1) is 10.2 Å². The van der Waals surface area contributed by atoms with Crippen molar-refractivity contribution >= 4 is 28.4 Å². The number of aryl methyl sites for hydroxylation is 1. The standard InChI is InChI=1S/C16H18N8OS/c1-10-8-11(20-14(19-10)24(2)3)9-18-15(25)21-16-23-22-13(26-16)12-6-4-5-7-17-12/h4-8H,9H2,1-3H3,(H2,18,21,23,25). The van der Waals surface area contributed by atoms with Crippen molar-refractivity contribution in [2.75, 3.05) is 24.3 Å². The van der Waals surface area contributed by atoms with Crippen molar-refractivity contribution in [3.63, 3.8) is 0 Å². The number of carbonyl (C=O) groups is 1. The van der Waals surface area contributed by atoms with E-state index in [-0.39, 0.29) is 12.6 Å². The van der Waals surface area contributed by atoms with Gasteiger partial charge < -0.3 is 10.2 Å². The molecule has 0 aliphatic heterocycles. The Kier molecular flexibility index (Phi) is 5.32. The first-order valence-corrected chi connectivity index (χ1v) is 8.64. The zero-order chi connectivity index (χ0) is 18.5. The Morgan fingerprint density at radius 3 is 2.81 bits per heavy atom. The number of aromatic nitrogens is 5. The molecule has 0 fully saturated rings. The first kappa shape index (κ1) is 17.7. The molecule has 0 aliphatic rings. The van der Waals surface area contributed by atoms with E-state index in [2.05, 4.69) is 35.8 Å². The summed E-state index contributed by atoms with van der Waals surface area (Å²) in [6, 6.07) is 6.99. The van der Waals surface area contributed by atoms with Gasteiger partial charge in [0, 0.05) is 26.0 Å². The van der Waals surface area contributed by atoms with Crippen LogP contribution in [0.15, 0.2) is 30.5 Å². The third kappa shape index (κ3) is 4.48. The van der Waals surface area contributed by atoms with E-state index in [4.69, 9.17) is 0 Å². The lowest BCUT2D eigenvalue weighted by molar-refractivity contribution is 0.251. The molecule has 0 saturated carbocycles. The maximum Gasteiger partial charge on any atom is 0.321 e. The van der Waals surface area contributed by atoms with Crippen molar-refractivity contribution in [2.45, 2.75) is 13.5 Å². The van der Waals surface area contributed by atoms with E-state index < -0.39 is 0 Å². The number of amides is 2. The molecule has 3 aromatic rings. The van der Waals surface area contributed by atoms with Crippen molar-refractivity contribution < 1.29 is 4.79 Å². The Hall–Kier alpha value is -3.14. The maximum atomic E-state index is 12.1. The normalized spacial score (nSPS) is 10.4. The second kappa shape index (κ2) is 7.83. The molecule has 0 bridgehead atoms. The molecule has 0 spiro atoms. The lowest BCUT2D eigenvalue weighted by atomic mass is 10.3. The summed E-state index contributed by atoms with van der Waals surface area (Å²) in [5, 5.41) is 14.5. The van der Waals surface area contributed by atoms with Crippen LogP contribution in [-0.4, -0.2) is 45.3 Å². The number of urea groups is 1. The Bertz CT molecular complexity index is 896. The van der Waals surface area contributed by atoms with E-state index in [1.54, 1.807) is 6.20 Å². The van der Waals surface area contributed by atoms with E-state index in [1.807, 2.05) is 50.2 Å². The van der Waals surface area contributed by atoms with Gasteiger partial charge in [0.1, 0.15) is 5.69 Å². The summed E-state index contributed by atoms with van der Waals surface area (Å²) in [4.78, 5) is 26.8. The van der Waals surface area contributed by atoms with Crippen LogP contribution in [0, 0.1) is 6.92 Å². The number of nitrogens with zero attached hydrogens (tertiary/aromatic N) is 6. The molecule has 0 unspecified atom stereocenters. The molecular weight excluding hydrogens is 352 g/mol. The lowest BCUT2D eigenvalue weighted by Crippen LogP contribution is -2.29. The van der Waals surface area contributed by atoms with Crippen LogP contribution < -0.4 is 15.5 Å². The fourth-order valence-corrected chi connectivity index (χ4v) is 2.80. The third-order valence-corrected chi connectivity index (χ3v) is 4.12. The minimum atomic E-state index is -0.378. The smallest absolute Gasteiger partial charge is 0.321 e. The van der Waals surface area contributed by atoms with Crippen LogP contribution in [0.4, 0.5) is 15.9 Å². The summed E-state index contributed by atoms with van der Waals surface area (Å²) in [7, 11) is 3.74. The van der Waals surface area contributed by atoms with Crippen LogP contribution in [0.5, 0.6) is 0 Å². The van der Waals surface area contributed by atoms with Crippen LogP contribution >= 0.6 is 11.3 Å². The maximum absolute atomic E-state index is 12.1. The van der Waals surface area contributed by atoms with Gasteiger partial charge in [0.2, 0.25) is 11.1 Å². The Balaban J connectivity index is 1.59. The monoisotopic (exact) mass is 370 g/mol. The Morgan fingerprint density at radius 1 is 1.23 bits per heavy atom. The molecule has 26 heavy (non-hydrogen) atoms. The molecule has 10 heteroatoms. The fraction of sp³-hybridized carbons (Fsp3) is 0.250. The third-order valence-electron chi connectivity index (χ3n) is 3.25. The highest BCUT2D eigenvalue weighted by molar-refractivity contribution is 7.18. The molecule has 0 radical (unpaired) electrons. The number of hydrogen-bond acceptors (Lipinski definition) is 8. The highest BCUT2D eigenvalue weighted by Crippen LogP contribution is 2.24. The lowest BCUT2D eigenvalue weighted by Gasteiger charge is -2.12. The molecule has 0 aromatic carbocycles. The molecular formula is C16H18N8OS. The van der Waals surface area contributed by atoms with Gasteiger partial charge in [0.15, 0.2) is 5.01 Å². The highest BCUT2D eigenvalue weighted by atomic mass is 32.1. The topological polar surface area (TPSA) is 109 Å². The number of nitrogens with one attached hydrogen (secondary N) is 2. The molecule has 2 N–H and O–H groups in total. The number of pyridine rings is 1. The van der Waals surface area contributed by atoms with E-state index in [0.29, 0.717) is 21.8 Å². The second-order valence-electron chi connectivity index (χ2n) is 5.63. The van der Waals surface area contributed by atoms with Gasteiger partial charge in [0.25, 0.3) is 0 Å². The van der Waals surface area contributed by atoms with Gasteiger partial charge in [-0.25, -0.2) is 14.8 Å². The Labute approximate surface area is 154 Å². The van der Waals surface area contributed by atoms with Crippen molar-refractivity contribution in [1.29, 1.82) is 0 Å². The molecule has 0 atom stereocenters. The van der Waals surface area contributed by atoms with Crippen LogP contribution in [0.1, 0.15) is 11.4 Å². The van der Waals surface area contributed by atoms with Gasteiger partial charge in [-0.05, 0) is 25.1 Å². The highest BCUT2D eigenvalue weighted by Gasteiger charge is 2.11. The molecule has 3 aromatic heterocycles. The zero-order valence-electron chi connectivity index (χ0n) is 14.6. The van der Waals surface area contributed by atoms with Crippen molar-refractivity contribution in [1.82, 2.24) is 30.5 Å². The van der Waals surface area contributed by atoms with Crippen LogP contribution in [-0.2, 0) is 6.54 Å². The predicted octanol–water partition coefficient (Wildman–Crippen LogP) is 2.09. The minimum Gasteiger partial charge on any atom is -0.347 e. The quantitative estimate of drug-likeness (QED) is 0.708. The summed E-state index contributed by atoms with van der Waals surface area (Å²) in [6.45, 7) is 2.17. The number of rotatable bonds is 5. The van der Waals surface area contributed by atoms with E-state index >= 15 is 0 Å². The summed E-state index contributed by atoms with van der Waals surface area (Å²) in [6.07, 6.45) is 1.68. The Morgan fingerprint density at radius 2 is 2.08 bits per heavy atom. The summed E-state index contributed by atoms with van der Waals surface area (Å²) >= 11 is 1.26. The first-order chi connectivity index (χ1) is 12.5. The van der Waals surface area contributed by atoms with Gasteiger partial charge in [-0.1, -0.05) is 17.4 Å². The zero-order valence-corrected chi connectivity index (χ0v) is 15.4. The second-order valence-corrected chi connectivity index (χ2v) is 6.61. The minimum absolute atomic E-state index is 0.280. The van der Waals surface area contributed by atoms with Gasteiger partial charge >= 0.3 is 6.03 Å². The summed E-state index contributed by atoms with van der Waals surface area (Å²) in [5.74, 6) is 0.603. The van der Waals surface area contributed by atoms with E-state index in [0.717, 1.165) is 11.4 Å². The average Bonchev–Trinajstić information content (AvgIpc) is 3.09. The molecule has 0 saturated heterocycles. The average molecular weight is 370 g/mol. The van der Waals surface area contributed by atoms with Gasteiger partial charge in [-0.2, -0.15) is 0 Å². The molecule has 3 heterocycles. The molecule has 0 aliphatic carbocycles. The first-order valence-electron chi connectivity index (χ1n) is 7.83. The SMILES string of the molecule is Cc1cc(CNC(=O)Nc2nnc(-c3ccccn3)s2)nc(N(C)C)n1. The van der Waals surface area contributed by atoms with Crippen molar-refractivity contribution in [2.24, 2.45) is 0 Å². The number of hydrogen-bond donors (Lipinski definition) is 2. The van der Waals surface area contributed by atoms with Crippen molar-refractivity contribution in [3.8, 4) is 10.7 Å². The summed E-state index contributed by atoms with van der Waals surface area (Å²) < 4.78 is 0. The van der Waals surface area contributed by atoms with Crippen LogP contribution in [0.25, 0.3) is 10.7 Å². The van der Waals surface area contributed by atoms with Gasteiger partial charge in [0.05, 0.1) is 12.2 Å². The predicted molar refractivity (Wildman–Crippen MR) is 100 cm³/mol. The van der Waals surface area contributed by atoms with Gasteiger partial charge in [-0.3, -0.25) is 10.3 Å². The number of carbonyl (C=O) groups excluding carboxylic acids is 1. The largest absolute Gasteiger partial charge is 0.347 e. The molecule has 2 amide bonds. The van der Waals surface area contributed by atoms with Crippen molar-refractivity contribution in [3.05, 3.63) is 41.9 Å². The van der Waals surface area contributed by atoms with Crippen LogP contribution in [0.3, 0.4) is 0 Å². The molecule has 9 nitrogen and oxygen atoms in total. The van der Waals surface area contributed by atoms with E-state index in [1.165, 1.54) is 11.3 Å².